The van der Waals surface area contributed by atoms with E-state index in [4.69, 9.17) is 0 Å². The van der Waals surface area contributed by atoms with Crippen LogP contribution in [-0.4, -0.2) is 25.7 Å². The third-order valence-electron chi connectivity index (χ3n) is 4.37. The Morgan fingerprint density at radius 2 is 1.64 bits per heavy atom. The summed E-state index contributed by atoms with van der Waals surface area (Å²) in [6.45, 7) is 6.27. The first-order valence-corrected chi connectivity index (χ1v) is 11.0. The number of carbonyl (C=O) groups excluding carboxylic acids is 3. The van der Waals surface area contributed by atoms with Gasteiger partial charge < -0.3 is 0 Å². The lowest BCUT2D eigenvalue weighted by Gasteiger charge is -2.27. The molecule has 5 heteroatoms. The van der Waals surface area contributed by atoms with Gasteiger partial charge in [0.1, 0.15) is 5.92 Å². The van der Waals surface area contributed by atoms with Gasteiger partial charge in [-0.2, -0.15) is 0 Å². The van der Waals surface area contributed by atoms with Crippen molar-refractivity contribution in [3.8, 4) is 0 Å². The van der Waals surface area contributed by atoms with Gasteiger partial charge in [0.2, 0.25) is 11.8 Å². The first-order valence-electron chi connectivity index (χ1n) is 7.50. The maximum absolute atomic E-state index is 12.8. The number of carbonyl (C=O) groups is 3. The molecule has 0 unspecified atom stereocenters. The third-order valence-corrected chi connectivity index (χ3v) is 6.44. The van der Waals surface area contributed by atoms with Crippen LogP contribution in [0.15, 0.2) is 41.6 Å². The van der Waals surface area contributed by atoms with Crippen LogP contribution in [0, 0.1) is 11.8 Å². The Hall–Kier alpha value is -2.01. The summed E-state index contributed by atoms with van der Waals surface area (Å²) in [6.07, 6.45) is 2.39. The van der Waals surface area contributed by atoms with Crippen LogP contribution in [0.25, 0.3) is 0 Å². The standard InChI is InChI=1S/C17H19NO3Si/c1-22(2,3)13-10-9-12-14(15(13)19)17(21)18(16(12)20)11-7-5-4-6-8-11/h4-8,10,12,14H,9H2,1-3H3/t12-,14-/m0/s1. The van der Waals surface area contributed by atoms with Crippen molar-refractivity contribution < 1.29 is 14.4 Å². The van der Waals surface area contributed by atoms with Crippen molar-refractivity contribution in [1.82, 2.24) is 0 Å². The largest absolute Gasteiger partial charge is 0.294 e. The smallest absolute Gasteiger partial charge is 0.245 e. The summed E-state index contributed by atoms with van der Waals surface area (Å²) in [5, 5.41) is 0.796. The van der Waals surface area contributed by atoms with Crippen LogP contribution >= 0.6 is 0 Å². The molecule has 0 saturated carbocycles. The van der Waals surface area contributed by atoms with Crippen LogP contribution in [0.1, 0.15) is 6.42 Å². The second-order valence-corrected chi connectivity index (χ2v) is 11.9. The second-order valence-electron chi connectivity index (χ2n) is 6.90. The van der Waals surface area contributed by atoms with Gasteiger partial charge in [0.15, 0.2) is 5.78 Å². The molecule has 1 aliphatic heterocycles. The number of allylic oxidation sites excluding steroid dienone is 2. The number of fused-ring (bicyclic) bond motifs is 1. The monoisotopic (exact) mass is 313 g/mol. The molecular weight excluding hydrogens is 294 g/mol. The Balaban J connectivity index is 1.99. The number of hydrogen-bond donors (Lipinski definition) is 0. The summed E-state index contributed by atoms with van der Waals surface area (Å²) in [5.74, 6) is -2.09. The van der Waals surface area contributed by atoms with E-state index >= 15 is 0 Å². The first-order chi connectivity index (χ1) is 10.3. The van der Waals surface area contributed by atoms with Gasteiger partial charge in [0, 0.05) is 0 Å². The summed E-state index contributed by atoms with van der Waals surface area (Å²) < 4.78 is 0. The number of Topliss-reactive ketones (excluding diaryl/α,β-unsaturated/α-hetero) is 1. The summed E-state index contributed by atoms with van der Waals surface area (Å²) in [7, 11) is -1.80. The number of imide groups is 1. The molecule has 2 amide bonds. The lowest BCUT2D eigenvalue weighted by atomic mass is 9.84. The van der Waals surface area contributed by atoms with Gasteiger partial charge in [-0.1, -0.05) is 43.9 Å². The van der Waals surface area contributed by atoms with Crippen molar-refractivity contribution in [2.24, 2.45) is 11.8 Å². The Labute approximate surface area is 130 Å². The van der Waals surface area contributed by atoms with Gasteiger partial charge in [-0.05, 0) is 23.7 Å². The predicted molar refractivity (Wildman–Crippen MR) is 87.0 cm³/mol. The van der Waals surface area contributed by atoms with E-state index in [0.717, 1.165) is 5.20 Å². The van der Waals surface area contributed by atoms with E-state index in [1.54, 1.807) is 24.3 Å². The molecule has 1 heterocycles. The summed E-state index contributed by atoms with van der Waals surface area (Å²) in [6, 6.07) is 8.85. The number of rotatable bonds is 2. The highest BCUT2D eigenvalue weighted by Gasteiger charge is 2.54. The first kappa shape index (κ1) is 14.9. The molecule has 4 nitrogen and oxygen atoms in total. The van der Waals surface area contributed by atoms with Crippen molar-refractivity contribution in [3.05, 3.63) is 41.6 Å². The third kappa shape index (κ3) is 2.16. The van der Waals surface area contributed by atoms with Crippen LogP contribution < -0.4 is 4.90 Å². The van der Waals surface area contributed by atoms with Gasteiger partial charge in [-0.3, -0.25) is 14.4 Å². The quantitative estimate of drug-likeness (QED) is 0.479. The Morgan fingerprint density at radius 3 is 2.23 bits per heavy atom. The lowest BCUT2D eigenvalue weighted by Crippen LogP contribution is -2.40. The minimum Gasteiger partial charge on any atom is -0.294 e. The van der Waals surface area contributed by atoms with E-state index < -0.39 is 19.9 Å². The zero-order valence-corrected chi connectivity index (χ0v) is 14.0. The molecule has 1 aromatic carbocycles. The normalized spacial score (nSPS) is 25.3. The van der Waals surface area contributed by atoms with Gasteiger partial charge in [0.05, 0.1) is 19.7 Å². The molecule has 0 radical (unpaired) electrons. The Morgan fingerprint density at radius 1 is 1.00 bits per heavy atom. The topological polar surface area (TPSA) is 54.5 Å². The highest BCUT2D eigenvalue weighted by Crippen LogP contribution is 2.39. The van der Waals surface area contributed by atoms with Crippen molar-refractivity contribution in [1.29, 1.82) is 0 Å². The molecule has 1 saturated heterocycles. The lowest BCUT2D eigenvalue weighted by molar-refractivity contribution is -0.130. The average Bonchev–Trinajstić information content (AvgIpc) is 2.71. The molecule has 0 aromatic heterocycles. The number of ketones is 1. The SMILES string of the molecule is C[Si](C)(C)C1=CC[C@@H]2C(=O)N(c3ccccc3)C(=O)[C@@H]2C1=O. The average molecular weight is 313 g/mol. The summed E-state index contributed by atoms with van der Waals surface area (Å²) in [4.78, 5) is 39.2. The molecule has 0 N–H and O–H groups in total. The van der Waals surface area contributed by atoms with Crippen LogP contribution in [-0.2, 0) is 14.4 Å². The van der Waals surface area contributed by atoms with E-state index in [1.165, 1.54) is 4.90 Å². The number of nitrogens with zero attached hydrogens (tertiary/aromatic N) is 1. The molecule has 1 aromatic rings. The number of anilines is 1. The maximum Gasteiger partial charge on any atom is 0.245 e. The number of amides is 2. The highest BCUT2D eigenvalue weighted by molar-refractivity contribution is 6.87. The highest BCUT2D eigenvalue weighted by atomic mass is 28.3. The predicted octanol–water partition coefficient (Wildman–Crippen LogP) is 2.57. The number of para-hydroxylation sites is 1. The number of benzene rings is 1. The fraction of sp³-hybridized carbons (Fsp3) is 0.353. The van der Waals surface area contributed by atoms with Gasteiger partial charge >= 0.3 is 0 Å². The molecule has 1 aliphatic carbocycles. The molecule has 0 bridgehead atoms. The van der Waals surface area contributed by atoms with Crippen molar-refractivity contribution in [3.63, 3.8) is 0 Å². The van der Waals surface area contributed by atoms with E-state index in [9.17, 15) is 14.4 Å². The fourth-order valence-corrected chi connectivity index (χ4v) is 4.91. The van der Waals surface area contributed by atoms with Gasteiger partial charge in [0.25, 0.3) is 0 Å². The van der Waals surface area contributed by atoms with Crippen LogP contribution in [0.2, 0.25) is 19.6 Å². The summed E-state index contributed by atoms with van der Waals surface area (Å²) in [5.41, 5.74) is 0.550. The molecular formula is C17H19NO3Si. The summed E-state index contributed by atoms with van der Waals surface area (Å²) >= 11 is 0. The minimum absolute atomic E-state index is 0.132. The van der Waals surface area contributed by atoms with Crippen molar-refractivity contribution >= 4 is 31.4 Å². The van der Waals surface area contributed by atoms with Gasteiger partial charge in [-0.25, -0.2) is 4.90 Å². The molecule has 1 fully saturated rings. The van der Waals surface area contributed by atoms with Crippen LogP contribution in [0.5, 0.6) is 0 Å². The molecule has 114 valence electrons. The molecule has 2 atom stereocenters. The molecule has 0 spiro atoms. The zero-order chi connectivity index (χ0) is 16.1. The van der Waals surface area contributed by atoms with E-state index in [1.807, 2.05) is 12.1 Å². The molecule has 3 rings (SSSR count). The number of hydrogen-bond acceptors (Lipinski definition) is 3. The van der Waals surface area contributed by atoms with Crippen LogP contribution in [0.3, 0.4) is 0 Å². The van der Waals surface area contributed by atoms with E-state index in [-0.39, 0.29) is 17.6 Å². The van der Waals surface area contributed by atoms with Crippen molar-refractivity contribution in [2.75, 3.05) is 4.90 Å². The minimum atomic E-state index is -1.80. The van der Waals surface area contributed by atoms with Crippen LogP contribution in [0.4, 0.5) is 5.69 Å². The zero-order valence-electron chi connectivity index (χ0n) is 13.0. The van der Waals surface area contributed by atoms with E-state index in [0.29, 0.717) is 12.1 Å². The second kappa shape index (κ2) is 5.02. The molecule has 2 aliphatic rings. The van der Waals surface area contributed by atoms with Gasteiger partial charge in [-0.15, -0.1) is 0 Å². The maximum atomic E-state index is 12.8. The molecule has 22 heavy (non-hydrogen) atoms. The Kier molecular flexibility index (Phi) is 3.40. The fourth-order valence-electron chi connectivity index (χ4n) is 3.28. The van der Waals surface area contributed by atoms with E-state index in [2.05, 4.69) is 19.6 Å². The van der Waals surface area contributed by atoms with Crippen molar-refractivity contribution in [2.45, 2.75) is 26.1 Å². The Bertz CT molecular complexity index is 688.